The van der Waals surface area contributed by atoms with E-state index in [1.165, 1.54) is 7.05 Å². The quantitative estimate of drug-likeness (QED) is 0.480. The summed E-state index contributed by atoms with van der Waals surface area (Å²) in [6.07, 6.45) is 0.229. The van der Waals surface area contributed by atoms with Crippen molar-refractivity contribution in [2.75, 3.05) is 11.9 Å². The van der Waals surface area contributed by atoms with Gasteiger partial charge in [0.2, 0.25) is 6.29 Å². The minimum Gasteiger partial charge on any atom is -0.309 e. The lowest BCUT2D eigenvalue weighted by Crippen LogP contribution is -2.26. The number of hydrogen-bond donors (Lipinski definition) is 0. The van der Waals surface area contributed by atoms with Crippen molar-refractivity contribution in [3.63, 3.8) is 0 Å². The van der Waals surface area contributed by atoms with Gasteiger partial charge in [-0.05, 0) is 12.1 Å². The number of rotatable bonds is 2. The Morgan fingerprint density at radius 3 is 2.92 bits per heavy atom. The molecule has 0 bridgehead atoms. The van der Waals surface area contributed by atoms with Gasteiger partial charge in [0.05, 0.1) is 1.37 Å². The lowest BCUT2D eigenvalue weighted by Gasteiger charge is -2.12. The van der Waals surface area contributed by atoms with Crippen molar-refractivity contribution < 1.29 is 11.0 Å². The van der Waals surface area contributed by atoms with Gasteiger partial charge in [0.1, 0.15) is 0 Å². The Hall–Kier alpha value is -1.64. The first-order chi connectivity index (χ1) is 6.16. The molecule has 1 amide bonds. The molecule has 0 heterocycles. The van der Waals surface area contributed by atoms with E-state index >= 15 is 0 Å². The van der Waals surface area contributed by atoms with Gasteiger partial charge in [-0.25, -0.2) is 0 Å². The highest BCUT2D eigenvalue weighted by Gasteiger charge is 2.07. The van der Waals surface area contributed by atoms with E-state index in [-0.39, 0.29) is 12.3 Å². The van der Waals surface area contributed by atoms with Crippen LogP contribution in [0.25, 0.3) is 0 Å². The maximum atomic E-state index is 10.9. The number of likely N-dealkylation sites (N-methyl/N-ethyl adjacent to an activating group) is 1. The van der Waals surface area contributed by atoms with Gasteiger partial charge in [0.25, 0.3) is 5.91 Å². The molecule has 0 N–H and O–H groups in total. The lowest BCUT2D eigenvalue weighted by molar-refractivity contribution is -0.129. The minimum absolute atomic E-state index is 0.222. The summed E-state index contributed by atoms with van der Waals surface area (Å²) in [5.41, 5.74) is 0.430. The SMILES string of the molecule is [2H]c1ccccc1N(C)C(=O)C=O. The van der Waals surface area contributed by atoms with E-state index in [9.17, 15) is 9.59 Å². The summed E-state index contributed by atoms with van der Waals surface area (Å²) in [7, 11) is 1.46. The summed E-state index contributed by atoms with van der Waals surface area (Å²) < 4.78 is 7.46. The molecule has 12 heavy (non-hydrogen) atoms. The van der Waals surface area contributed by atoms with Gasteiger partial charge in [-0.3, -0.25) is 9.59 Å². The summed E-state index contributed by atoms with van der Waals surface area (Å²) in [4.78, 5) is 22.3. The highest BCUT2D eigenvalue weighted by molar-refractivity contribution is 6.30. The molecule has 3 nitrogen and oxygen atoms in total. The molecule has 0 atom stereocenters. The van der Waals surface area contributed by atoms with E-state index in [0.29, 0.717) is 5.69 Å². The third kappa shape index (κ3) is 1.69. The molecule has 0 aromatic heterocycles. The first-order valence-electron chi connectivity index (χ1n) is 3.95. The number of aldehydes is 1. The third-order valence-corrected chi connectivity index (χ3v) is 1.49. The van der Waals surface area contributed by atoms with Crippen LogP contribution in [0.2, 0.25) is 0 Å². The van der Waals surface area contributed by atoms with Gasteiger partial charge >= 0.3 is 0 Å². The molecule has 1 aromatic rings. The number of amides is 1. The fraction of sp³-hybridized carbons (Fsp3) is 0.111. The van der Waals surface area contributed by atoms with Crippen LogP contribution < -0.4 is 4.90 Å². The van der Waals surface area contributed by atoms with Gasteiger partial charge < -0.3 is 4.90 Å². The molecule has 62 valence electrons. The average Bonchev–Trinajstić information content (AvgIpc) is 2.16. The predicted octanol–water partition coefficient (Wildman–Crippen LogP) is 0.848. The van der Waals surface area contributed by atoms with Gasteiger partial charge in [-0.15, -0.1) is 0 Å². The normalized spacial score (nSPS) is 10.2. The lowest BCUT2D eigenvalue weighted by atomic mass is 10.3. The summed E-state index contributed by atoms with van der Waals surface area (Å²) in [5.74, 6) is -0.653. The molecule has 3 heteroatoms. The molecule has 0 radical (unpaired) electrons. The number of benzene rings is 1. The molecule has 0 saturated carbocycles. The summed E-state index contributed by atoms with van der Waals surface area (Å²) in [5, 5.41) is 0. The van der Waals surface area contributed by atoms with E-state index in [2.05, 4.69) is 0 Å². The van der Waals surface area contributed by atoms with E-state index in [0.717, 1.165) is 4.90 Å². The minimum atomic E-state index is -0.653. The molecular weight excluding hydrogens is 154 g/mol. The number of carbonyl (C=O) groups excluding carboxylic acids is 2. The first kappa shape index (κ1) is 7.03. The van der Waals surface area contributed by atoms with Crippen LogP contribution >= 0.6 is 0 Å². The third-order valence-electron chi connectivity index (χ3n) is 1.49. The molecule has 0 aliphatic heterocycles. The number of para-hydroxylation sites is 1. The maximum Gasteiger partial charge on any atom is 0.290 e. The predicted molar refractivity (Wildman–Crippen MR) is 45.9 cm³/mol. The second kappa shape index (κ2) is 3.67. The number of hydrogen-bond acceptors (Lipinski definition) is 2. The van der Waals surface area contributed by atoms with Crippen molar-refractivity contribution in [2.45, 2.75) is 0 Å². The van der Waals surface area contributed by atoms with E-state index < -0.39 is 5.91 Å². The van der Waals surface area contributed by atoms with Gasteiger partial charge in [0, 0.05) is 12.7 Å². The smallest absolute Gasteiger partial charge is 0.290 e. The number of anilines is 1. The average molecular weight is 164 g/mol. The number of nitrogens with zero attached hydrogens (tertiary/aromatic N) is 1. The van der Waals surface area contributed by atoms with Crippen LogP contribution in [0.1, 0.15) is 1.37 Å². The molecule has 1 rings (SSSR count). The highest BCUT2D eigenvalue weighted by atomic mass is 16.2. The molecule has 0 fully saturated rings. The first-order valence-corrected chi connectivity index (χ1v) is 3.45. The second-order valence-electron chi connectivity index (χ2n) is 2.26. The largest absolute Gasteiger partial charge is 0.309 e. The van der Waals surface area contributed by atoms with Crippen molar-refractivity contribution in [3.8, 4) is 0 Å². The van der Waals surface area contributed by atoms with Crippen LogP contribution in [-0.2, 0) is 9.59 Å². The van der Waals surface area contributed by atoms with Crippen LogP contribution in [0.4, 0.5) is 5.69 Å². The summed E-state index contributed by atoms with van der Waals surface area (Å²) >= 11 is 0. The van der Waals surface area contributed by atoms with Gasteiger partial charge in [-0.1, -0.05) is 18.2 Å². The van der Waals surface area contributed by atoms with Crippen molar-refractivity contribution in [1.29, 1.82) is 0 Å². The van der Waals surface area contributed by atoms with Crippen molar-refractivity contribution in [3.05, 3.63) is 30.3 Å². The molecule has 0 spiro atoms. The Morgan fingerprint density at radius 2 is 2.33 bits per heavy atom. The molecule has 0 saturated heterocycles. The topological polar surface area (TPSA) is 37.4 Å². The zero-order valence-electron chi connectivity index (χ0n) is 7.65. The molecule has 1 aromatic carbocycles. The second-order valence-corrected chi connectivity index (χ2v) is 2.26. The van der Waals surface area contributed by atoms with E-state index in [1.54, 1.807) is 24.3 Å². The Balaban J connectivity index is 3.01. The summed E-state index contributed by atoms with van der Waals surface area (Å²) in [6, 6.07) is 6.81. The standard InChI is InChI=1S/C9H9NO2/c1-10(9(12)7-11)8-5-3-2-4-6-8/h2-7H,1H3/i5D. The maximum absolute atomic E-state index is 10.9. The van der Waals surface area contributed by atoms with E-state index in [1.807, 2.05) is 0 Å². The molecule has 0 aliphatic rings. The Kier molecular flexibility index (Phi) is 2.15. The van der Waals surface area contributed by atoms with Crippen LogP contribution in [0, 0.1) is 0 Å². The van der Waals surface area contributed by atoms with Crippen molar-refractivity contribution in [2.24, 2.45) is 0 Å². The Labute approximate surface area is 72.0 Å². The fourth-order valence-corrected chi connectivity index (χ4v) is 0.790. The zero-order chi connectivity index (χ0) is 9.84. The van der Waals surface area contributed by atoms with Crippen molar-refractivity contribution >= 4 is 17.9 Å². The monoisotopic (exact) mass is 164 g/mol. The highest BCUT2D eigenvalue weighted by Crippen LogP contribution is 2.09. The van der Waals surface area contributed by atoms with Gasteiger partial charge in [0.15, 0.2) is 0 Å². The Bertz CT molecular complexity index is 338. The molecular formula is C9H9NO2. The van der Waals surface area contributed by atoms with Crippen molar-refractivity contribution in [1.82, 2.24) is 0 Å². The number of carbonyl (C=O) groups is 2. The fourth-order valence-electron chi connectivity index (χ4n) is 0.790. The van der Waals surface area contributed by atoms with Crippen LogP contribution in [0.3, 0.4) is 0 Å². The summed E-state index contributed by atoms with van der Waals surface area (Å²) in [6.45, 7) is 0. The van der Waals surface area contributed by atoms with E-state index in [4.69, 9.17) is 1.37 Å². The molecule has 0 aliphatic carbocycles. The molecule has 0 unspecified atom stereocenters. The van der Waals surface area contributed by atoms with Crippen LogP contribution in [-0.4, -0.2) is 19.2 Å². The van der Waals surface area contributed by atoms with Crippen LogP contribution in [0.15, 0.2) is 30.3 Å². The van der Waals surface area contributed by atoms with Crippen LogP contribution in [0.5, 0.6) is 0 Å². The zero-order valence-corrected chi connectivity index (χ0v) is 6.65. The Morgan fingerprint density at radius 1 is 1.58 bits per heavy atom. The van der Waals surface area contributed by atoms with Gasteiger partial charge in [-0.2, -0.15) is 0 Å².